The number of amides is 1. The molecule has 0 aliphatic heterocycles. The van der Waals surface area contributed by atoms with Crippen LogP contribution in [0.2, 0.25) is 0 Å². The second-order valence-electron chi connectivity index (χ2n) is 6.33. The van der Waals surface area contributed by atoms with E-state index in [9.17, 15) is 9.59 Å². The summed E-state index contributed by atoms with van der Waals surface area (Å²) in [5, 5.41) is 2.86. The van der Waals surface area contributed by atoms with Crippen molar-refractivity contribution in [2.45, 2.75) is 26.0 Å². The minimum Gasteiger partial charge on any atom is -0.449 e. The van der Waals surface area contributed by atoms with Crippen LogP contribution in [0.25, 0.3) is 5.69 Å². The largest absolute Gasteiger partial charge is 0.449 e. The van der Waals surface area contributed by atoms with Crippen molar-refractivity contribution in [3.05, 3.63) is 90.3 Å². The topological polar surface area (TPSA) is 60.3 Å². The predicted octanol–water partition coefficient (Wildman–Crippen LogP) is 3.90. The third-order valence-electron chi connectivity index (χ3n) is 4.32. The van der Waals surface area contributed by atoms with Crippen molar-refractivity contribution in [3.8, 4) is 5.69 Å². The van der Waals surface area contributed by atoms with Crippen LogP contribution in [0.3, 0.4) is 0 Å². The number of hydrogen-bond donors (Lipinski definition) is 1. The average Bonchev–Trinajstić information content (AvgIpc) is 3.23. The lowest BCUT2D eigenvalue weighted by Crippen LogP contribution is -2.37. The number of nitrogens with one attached hydrogen (secondary N) is 1. The molecule has 0 radical (unpaired) electrons. The van der Waals surface area contributed by atoms with Gasteiger partial charge in [0.1, 0.15) is 0 Å². The quantitative estimate of drug-likeness (QED) is 0.677. The van der Waals surface area contributed by atoms with Gasteiger partial charge in [0.05, 0.1) is 11.6 Å². The maximum atomic E-state index is 12.3. The van der Waals surface area contributed by atoms with Gasteiger partial charge in [0.15, 0.2) is 6.10 Å². The number of rotatable bonds is 6. The molecule has 3 rings (SSSR count). The van der Waals surface area contributed by atoms with E-state index in [4.69, 9.17) is 4.74 Å². The van der Waals surface area contributed by atoms with E-state index in [2.05, 4.69) is 5.32 Å². The SMILES string of the molecule is CC(OC(=O)c1ccc(-n2cccc2)cc1)C(=O)NC(C)c1ccccc1. The Morgan fingerprint density at radius 3 is 2.15 bits per heavy atom. The van der Waals surface area contributed by atoms with E-state index >= 15 is 0 Å². The molecule has 0 bridgehead atoms. The smallest absolute Gasteiger partial charge is 0.338 e. The molecule has 5 heteroatoms. The van der Waals surface area contributed by atoms with E-state index in [-0.39, 0.29) is 11.9 Å². The molecule has 0 saturated heterocycles. The molecular formula is C22H22N2O3. The van der Waals surface area contributed by atoms with Crippen LogP contribution in [0.1, 0.15) is 35.8 Å². The van der Waals surface area contributed by atoms with E-state index in [1.54, 1.807) is 19.1 Å². The summed E-state index contributed by atoms with van der Waals surface area (Å²) in [7, 11) is 0. The highest BCUT2D eigenvalue weighted by molar-refractivity contribution is 5.92. The Labute approximate surface area is 158 Å². The zero-order valence-electron chi connectivity index (χ0n) is 15.3. The molecule has 3 aromatic rings. The molecule has 138 valence electrons. The lowest BCUT2D eigenvalue weighted by molar-refractivity contribution is -0.129. The van der Waals surface area contributed by atoms with E-state index in [0.29, 0.717) is 5.56 Å². The van der Waals surface area contributed by atoms with Gasteiger partial charge in [-0.15, -0.1) is 0 Å². The van der Waals surface area contributed by atoms with Crippen LogP contribution in [0.15, 0.2) is 79.1 Å². The fourth-order valence-electron chi connectivity index (χ4n) is 2.71. The monoisotopic (exact) mass is 362 g/mol. The van der Waals surface area contributed by atoms with Crippen molar-refractivity contribution in [1.82, 2.24) is 9.88 Å². The zero-order valence-corrected chi connectivity index (χ0v) is 15.3. The summed E-state index contributed by atoms with van der Waals surface area (Å²) in [6.07, 6.45) is 2.97. The molecule has 0 aliphatic rings. The standard InChI is InChI=1S/C22H22N2O3/c1-16(18-8-4-3-5-9-18)23-21(25)17(2)27-22(26)19-10-12-20(13-11-19)24-14-6-7-15-24/h3-17H,1-2H3,(H,23,25). The Morgan fingerprint density at radius 1 is 0.889 bits per heavy atom. The lowest BCUT2D eigenvalue weighted by Gasteiger charge is -2.18. The third-order valence-corrected chi connectivity index (χ3v) is 4.32. The van der Waals surface area contributed by atoms with E-state index < -0.39 is 12.1 Å². The van der Waals surface area contributed by atoms with Gasteiger partial charge in [0.2, 0.25) is 0 Å². The summed E-state index contributed by atoms with van der Waals surface area (Å²) < 4.78 is 7.25. The first kappa shape index (κ1) is 18.5. The highest BCUT2D eigenvalue weighted by atomic mass is 16.5. The lowest BCUT2D eigenvalue weighted by atomic mass is 10.1. The van der Waals surface area contributed by atoms with E-state index in [1.165, 1.54) is 0 Å². The summed E-state index contributed by atoms with van der Waals surface area (Å²) in [4.78, 5) is 24.6. The van der Waals surface area contributed by atoms with Gasteiger partial charge in [0.25, 0.3) is 5.91 Å². The van der Waals surface area contributed by atoms with E-state index in [0.717, 1.165) is 11.3 Å². The average molecular weight is 362 g/mol. The molecule has 2 aromatic carbocycles. The third kappa shape index (κ3) is 4.64. The molecule has 0 fully saturated rings. The van der Waals surface area contributed by atoms with Gasteiger partial charge in [-0.1, -0.05) is 30.3 Å². The van der Waals surface area contributed by atoms with Crippen molar-refractivity contribution in [1.29, 1.82) is 0 Å². The summed E-state index contributed by atoms with van der Waals surface area (Å²) in [6.45, 7) is 3.46. The molecule has 2 atom stereocenters. The minimum atomic E-state index is -0.882. The van der Waals surface area contributed by atoms with Gasteiger partial charge in [-0.3, -0.25) is 4.79 Å². The molecule has 2 unspecified atom stereocenters. The first-order valence-electron chi connectivity index (χ1n) is 8.84. The molecule has 1 heterocycles. The van der Waals surface area contributed by atoms with Crippen LogP contribution in [0.4, 0.5) is 0 Å². The highest BCUT2D eigenvalue weighted by Crippen LogP contribution is 2.14. The van der Waals surface area contributed by atoms with Crippen LogP contribution in [0, 0.1) is 0 Å². The first-order chi connectivity index (χ1) is 13.0. The van der Waals surface area contributed by atoms with Gasteiger partial charge in [-0.05, 0) is 55.8 Å². The summed E-state index contributed by atoms with van der Waals surface area (Å²) in [5.74, 6) is -0.854. The van der Waals surface area contributed by atoms with Gasteiger partial charge >= 0.3 is 5.97 Å². The number of esters is 1. The molecule has 0 saturated carbocycles. The normalized spacial score (nSPS) is 12.8. The fraction of sp³-hybridized carbons (Fsp3) is 0.182. The molecule has 1 amide bonds. The number of benzene rings is 2. The summed E-state index contributed by atoms with van der Waals surface area (Å²) in [5.41, 5.74) is 2.34. The molecule has 0 spiro atoms. The number of carbonyl (C=O) groups is 2. The molecule has 5 nitrogen and oxygen atoms in total. The zero-order chi connectivity index (χ0) is 19.2. The highest BCUT2D eigenvalue weighted by Gasteiger charge is 2.20. The van der Waals surface area contributed by atoms with Gasteiger partial charge < -0.3 is 14.6 Å². The Hall–Kier alpha value is -3.34. The second-order valence-corrected chi connectivity index (χ2v) is 6.33. The Bertz CT molecular complexity index is 887. The van der Waals surface area contributed by atoms with Crippen molar-refractivity contribution in [2.24, 2.45) is 0 Å². The minimum absolute atomic E-state index is 0.166. The Balaban J connectivity index is 1.57. The van der Waals surface area contributed by atoms with Gasteiger partial charge in [-0.25, -0.2) is 4.79 Å². The van der Waals surface area contributed by atoms with Crippen LogP contribution in [-0.2, 0) is 9.53 Å². The summed E-state index contributed by atoms with van der Waals surface area (Å²) >= 11 is 0. The molecule has 0 aliphatic carbocycles. The molecule has 27 heavy (non-hydrogen) atoms. The van der Waals surface area contributed by atoms with Gasteiger partial charge in [0, 0.05) is 18.1 Å². The van der Waals surface area contributed by atoms with Crippen molar-refractivity contribution < 1.29 is 14.3 Å². The van der Waals surface area contributed by atoms with E-state index in [1.807, 2.05) is 78.5 Å². The number of aromatic nitrogens is 1. The van der Waals surface area contributed by atoms with Crippen molar-refractivity contribution in [3.63, 3.8) is 0 Å². The first-order valence-corrected chi connectivity index (χ1v) is 8.84. The maximum Gasteiger partial charge on any atom is 0.338 e. The fourth-order valence-corrected chi connectivity index (χ4v) is 2.71. The number of hydrogen-bond acceptors (Lipinski definition) is 3. The predicted molar refractivity (Wildman–Crippen MR) is 104 cm³/mol. The summed E-state index contributed by atoms with van der Waals surface area (Å²) in [6, 6.07) is 20.4. The number of carbonyl (C=O) groups excluding carboxylic acids is 2. The Morgan fingerprint density at radius 2 is 1.52 bits per heavy atom. The molecule has 1 aromatic heterocycles. The second kappa shape index (κ2) is 8.36. The van der Waals surface area contributed by atoms with Crippen LogP contribution in [-0.4, -0.2) is 22.5 Å². The number of ether oxygens (including phenoxy) is 1. The van der Waals surface area contributed by atoms with Crippen LogP contribution < -0.4 is 5.32 Å². The molecular weight excluding hydrogens is 340 g/mol. The van der Waals surface area contributed by atoms with Gasteiger partial charge in [-0.2, -0.15) is 0 Å². The van der Waals surface area contributed by atoms with Crippen LogP contribution in [0.5, 0.6) is 0 Å². The van der Waals surface area contributed by atoms with Crippen molar-refractivity contribution >= 4 is 11.9 Å². The Kier molecular flexibility index (Phi) is 5.71. The maximum absolute atomic E-state index is 12.3. The molecule has 1 N–H and O–H groups in total. The van der Waals surface area contributed by atoms with Crippen LogP contribution >= 0.6 is 0 Å². The van der Waals surface area contributed by atoms with Crippen molar-refractivity contribution in [2.75, 3.05) is 0 Å². The number of nitrogens with zero attached hydrogens (tertiary/aromatic N) is 1.